The second kappa shape index (κ2) is 6.90. The molecule has 0 aromatic heterocycles. The van der Waals surface area contributed by atoms with E-state index in [4.69, 9.17) is 4.74 Å². The van der Waals surface area contributed by atoms with Crippen LogP contribution in [0.1, 0.15) is 24.5 Å². The smallest absolute Gasteiger partial charge is 0.225 e. The normalized spacial score (nSPS) is 24.0. The van der Waals surface area contributed by atoms with Gasteiger partial charge in [-0.3, -0.25) is 4.79 Å². The number of benzene rings is 1. The van der Waals surface area contributed by atoms with Crippen LogP contribution in [0, 0.1) is 5.92 Å². The van der Waals surface area contributed by atoms with E-state index in [1.165, 1.54) is 0 Å². The van der Waals surface area contributed by atoms with Crippen LogP contribution in [0.5, 0.6) is 0 Å². The van der Waals surface area contributed by atoms with Crippen LogP contribution in [0.15, 0.2) is 28.7 Å². The molecule has 5 heteroatoms. The highest BCUT2D eigenvalue weighted by Gasteiger charge is 2.30. The Hall–Kier alpha value is -0.910. The van der Waals surface area contributed by atoms with Gasteiger partial charge >= 0.3 is 0 Å². The van der Waals surface area contributed by atoms with Gasteiger partial charge in [-0.1, -0.05) is 28.1 Å². The van der Waals surface area contributed by atoms with Gasteiger partial charge in [-0.05, 0) is 43.6 Å². The van der Waals surface area contributed by atoms with Crippen molar-refractivity contribution in [2.75, 3.05) is 32.8 Å². The van der Waals surface area contributed by atoms with E-state index in [0.717, 1.165) is 36.0 Å². The molecule has 2 aliphatic heterocycles. The van der Waals surface area contributed by atoms with E-state index in [0.29, 0.717) is 25.6 Å². The van der Waals surface area contributed by atoms with Gasteiger partial charge in [0.05, 0.1) is 13.2 Å². The van der Waals surface area contributed by atoms with Crippen LogP contribution >= 0.6 is 15.9 Å². The van der Waals surface area contributed by atoms with Crippen LogP contribution in [0.3, 0.4) is 0 Å². The maximum atomic E-state index is 12.6. The molecule has 114 valence electrons. The number of hydrogen-bond acceptors (Lipinski definition) is 3. The van der Waals surface area contributed by atoms with E-state index in [2.05, 4.69) is 33.4 Å². The molecule has 0 aliphatic carbocycles. The summed E-state index contributed by atoms with van der Waals surface area (Å²) in [5.74, 6) is 0.493. The van der Waals surface area contributed by atoms with E-state index < -0.39 is 0 Å². The summed E-state index contributed by atoms with van der Waals surface area (Å²) in [5, 5.41) is 3.31. The number of nitrogens with one attached hydrogen (secondary N) is 1. The number of amides is 1. The van der Waals surface area contributed by atoms with Crippen molar-refractivity contribution >= 4 is 21.8 Å². The SMILES string of the molecule is O=C(C1CCNCC1)N1CCOC(c2cccc(Br)c2)C1. The average Bonchev–Trinajstić information content (AvgIpc) is 2.55. The monoisotopic (exact) mass is 352 g/mol. The van der Waals surface area contributed by atoms with Crippen molar-refractivity contribution in [3.63, 3.8) is 0 Å². The van der Waals surface area contributed by atoms with Crippen molar-refractivity contribution in [1.82, 2.24) is 10.2 Å². The Morgan fingerprint density at radius 3 is 2.90 bits per heavy atom. The van der Waals surface area contributed by atoms with Crippen molar-refractivity contribution in [2.45, 2.75) is 18.9 Å². The lowest BCUT2D eigenvalue weighted by atomic mass is 9.96. The number of halogens is 1. The van der Waals surface area contributed by atoms with Crippen LogP contribution in [0.25, 0.3) is 0 Å². The average molecular weight is 353 g/mol. The van der Waals surface area contributed by atoms with Crippen LogP contribution < -0.4 is 5.32 Å². The molecule has 2 heterocycles. The van der Waals surface area contributed by atoms with E-state index >= 15 is 0 Å². The van der Waals surface area contributed by atoms with Gasteiger partial charge in [0.2, 0.25) is 5.91 Å². The molecule has 0 bridgehead atoms. The van der Waals surface area contributed by atoms with Crippen molar-refractivity contribution < 1.29 is 9.53 Å². The number of nitrogens with zero attached hydrogens (tertiary/aromatic N) is 1. The van der Waals surface area contributed by atoms with Gasteiger partial charge in [-0.25, -0.2) is 0 Å². The molecule has 3 rings (SSSR count). The molecule has 2 aliphatic rings. The molecule has 1 unspecified atom stereocenters. The summed E-state index contributed by atoms with van der Waals surface area (Å²) < 4.78 is 6.91. The van der Waals surface area contributed by atoms with Gasteiger partial charge in [-0.15, -0.1) is 0 Å². The highest BCUT2D eigenvalue weighted by molar-refractivity contribution is 9.10. The topological polar surface area (TPSA) is 41.6 Å². The fourth-order valence-corrected chi connectivity index (χ4v) is 3.50. The van der Waals surface area contributed by atoms with Gasteiger partial charge < -0.3 is 15.0 Å². The Kier molecular flexibility index (Phi) is 4.93. The third kappa shape index (κ3) is 3.65. The lowest BCUT2D eigenvalue weighted by Gasteiger charge is -2.36. The first-order valence-electron chi connectivity index (χ1n) is 7.60. The van der Waals surface area contributed by atoms with E-state index in [9.17, 15) is 4.79 Å². The molecular weight excluding hydrogens is 332 g/mol. The minimum absolute atomic E-state index is 0.0121. The number of hydrogen-bond donors (Lipinski definition) is 1. The van der Waals surface area contributed by atoms with E-state index in [1.807, 2.05) is 17.0 Å². The second-order valence-electron chi connectivity index (χ2n) is 5.72. The predicted molar refractivity (Wildman–Crippen MR) is 85.0 cm³/mol. The highest BCUT2D eigenvalue weighted by Crippen LogP contribution is 2.26. The molecule has 0 saturated carbocycles. The molecule has 1 N–H and O–H groups in total. The summed E-state index contributed by atoms with van der Waals surface area (Å²) in [7, 11) is 0. The van der Waals surface area contributed by atoms with E-state index in [1.54, 1.807) is 0 Å². The molecule has 21 heavy (non-hydrogen) atoms. The molecule has 0 radical (unpaired) electrons. The Morgan fingerprint density at radius 2 is 2.14 bits per heavy atom. The molecule has 2 saturated heterocycles. The number of carbonyl (C=O) groups excluding carboxylic acids is 1. The summed E-state index contributed by atoms with van der Waals surface area (Å²) in [4.78, 5) is 14.6. The number of rotatable bonds is 2. The summed E-state index contributed by atoms with van der Waals surface area (Å²) in [5.41, 5.74) is 1.13. The first kappa shape index (κ1) is 15.0. The quantitative estimate of drug-likeness (QED) is 0.888. The second-order valence-corrected chi connectivity index (χ2v) is 6.64. The van der Waals surface area contributed by atoms with Gasteiger partial charge in [0.25, 0.3) is 0 Å². The Labute approximate surface area is 134 Å². The van der Waals surface area contributed by atoms with Crippen molar-refractivity contribution in [3.8, 4) is 0 Å². The molecule has 2 fully saturated rings. The van der Waals surface area contributed by atoms with Crippen molar-refractivity contribution in [2.24, 2.45) is 5.92 Å². The summed E-state index contributed by atoms with van der Waals surface area (Å²) in [6, 6.07) is 8.15. The van der Waals surface area contributed by atoms with Gasteiger partial charge in [0.15, 0.2) is 0 Å². The maximum absolute atomic E-state index is 12.6. The molecular formula is C16H21BrN2O2. The third-order valence-electron chi connectivity index (χ3n) is 4.29. The number of ether oxygens (including phenoxy) is 1. The molecule has 4 nitrogen and oxygen atoms in total. The molecule has 0 spiro atoms. The van der Waals surface area contributed by atoms with Crippen LogP contribution in [-0.2, 0) is 9.53 Å². The maximum Gasteiger partial charge on any atom is 0.225 e. The minimum Gasteiger partial charge on any atom is -0.370 e. The number of morpholine rings is 1. The Balaban J connectivity index is 1.66. The molecule has 1 aromatic carbocycles. The highest BCUT2D eigenvalue weighted by atomic mass is 79.9. The zero-order valence-corrected chi connectivity index (χ0v) is 13.6. The lowest BCUT2D eigenvalue weighted by molar-refractivity contribution is -0.144. The van der Waals surface area contributed by atoms with Crippen molar-refractivity contribution in [1.29, 1.82) is 0 Å². The van der Waals surface area contributed by atoms with Gasteiger partial charge in [0, 0.05) is 16.9 Å². The van der Waals surface area contributed by atoms with Crippen LogP contribution in [0.2, 0.25) is 0 Å². The number of carbonyl (C=O) groups is 1. The Bertz CT molecular complexity index is 503. The first-order chi connectivity index (χ1) is 10.2. The standard InChI is InChI=1S/C16H21BrN2O2/c17-14-3-1-2-13(10-14)15-11-19(8-9-21-15)16(20)12-4-6-18-7-5-12/h1-3,10,12,15,18H,4-9,11H2. The zero-order valence-electron chi connectivity index (χ0n) is 12.1. The lowest BCUT2D eigenvalue weighted by Crippen LogP contribution is -2.47. The van der Waals surface area contributed by atoms with E-state index in [-0.39, 0.29) is 12.0 Å². The minimum atomic E-state index is -0.0121. The molecule has 1 amide bonds. The largest absolute Gasteiger partial charge is 0.370 e. The molecule has 1 aromatic rings. The van der Waals surface area contributed by atoms with Crippen LogP contribution in [0.4, 0.5) is 0 Å². The van der Waals surface area contributed by atoms with Crippen LogP contribution in [-0.4, -0.2) is 43.6 Å². The third-order valence-corrected chi connectivity index (χ3v) is 4.78. The predicted octanol–water partition coefficient (Wildman–Crippen LogP) is 2.35. The first-order valence-corrected chi connectivity index (χ1v) is 8.40. The summed E-state index contributed by atoms with van der Waals surface area (Å²) >= 11 is 3.49. The fourth-order valence-electron chi connectivity index (χ4n) is 3.09. The Morgan fingerprint density at radius 1 is 1.33 bits per heavy atom. The summed E-state index contributed by atoms with van der Waals surface area (Å²) in [6.45, 7) is 3.91. The fraction of sp³-hybridized carbons (Fsp3) is 0.562. The van der Waals surface area contributed by atoms with Gasteiger partial charge in [-0.2, -0.15) is 0 Å². The van der Waals surface area contributed by atoms with Gasteiger partial charge in [0.1, 0.15) is 6.10 Å². The number of piperidine rings is 1. The summed E-state index contributed by atoms with van der Waals surface area (Å²) in [6.07, 6.45) is 1.90. The zero-order chi connectivity index (χ0) is 14.7. The van der Waals surface area contributed by atoms with Crippen molar-refractivity contribution in [3.05, 3.63) is 34.3 Å². The molecule has 1 atom stereocenters.